The van der Waals surface area contributed by atoms with Crippen LogP contribution < -0.4 is 15.8 Å². The molecule has 2 unspecified atom stereocenters. The lowest BCUT2D eigenvalue weighted by atomic mass is 9.96. The molecule has 0 aromatic heterocycles. The molecule has 2 rings (SSSR count). The van der Waals surface area contributed by atoms with Crippen LogP contribution in [-0.4, -0.2) is 30.6 Å². The Morgan fingerprint density at radius 2 is 2.19 bits per heavy atom. The Morgan fingerprint density at radius 1 is 1.43 bits per heavy atom. The summed E-state index contributed by atoms with van der Waals surface area (Å²) in [7, 11) is 1.52. The zero-order valence-electron chi connectivity index (χ0n) is 12.0. The highest BCUT2D eigenvalue weighted by Gasteiger charge is 2.32. The van der Waals surface area contributed by atoms with Crippen LogP contribution in [0.4, 0.5) is 5.69 Å². The van der Waals surface area contributed by atoms with Gasteiger partial charge in [-0.15, -0.1) is 0 Å². The first-order valence-corrected chi connectivity index (χ1v) is 6.97. The van der Waals surface area contributed by atoms with Gasteiger partial charge in [-0.1, -0.05) is 6.42 Å². The number of ether oxygens (including phenoxy) is 1. The van der Waals surface area contributed by atoms with E-state index in [4.69, 9.17) is 15.6 Å². The van der Waals surface area contributed by atoms with Crippen LogP contribution in [0, 0.1) is 11.8 Å². The normalized spacial score (nSPS) is 21.0. The number of aliphatic carboxylic acids is 1. The minimum Gasteiger partial charge on any atom is -0.497 e. The van der Waals surface area contributed by atoms with E-state index in [2.05, 4.69) is 5.32 Å². The summed E-state index contributed by atoms with van der Waals surface area (Å²) in [6.45, 7) is 0.354. The van der Waals surface area contributed by atoms with E-state index in [1.165, 1.54) is 7.11 Å². The Hall–Kier alpha value is -2.24. The average molecular weight is 292 g/mol. The van der Waals surface area contributed by atoms with Gasteiger partial charge in [0.1, 0.15) is 5.75 Å². The van der Waals surface area contributed by atoms with Crippen molar-refractivity contribution < 1.29 is 19.4 Å². The number of methoxy groups -OCH3 is 1. The molecule has 0 saturated heterocycles. The molecular formula is C15H20N2O4. The smallest absolute Gasteiger partial charge is 0.306 e. The van der Waals surface area contributed by atoms with Crippen LogP contribution in [0.15, 0.2) is 18.2 Å². The van der Waals surface area contributed by atoms with Crippen LogP contribution in [0.1, 0.15) is 29.6 Å². The molecule has 0 heterocycles. The van der Waals surface area contributed by atoms with Crippen molar-refractivity contribution in [3.8, 4) is 5.75 Å². The van der Waals surface area contributed by atoms with Gasteiger partial charge in [-0.2, -0.15) is 0 Å². The third-order valence-corrected chi connectivity index (χ3v) is 4.01. The molecule has 1 saturated carbocycles. The average Bonchev–Trinajstić information content (AvgIpc) is 2.94. The van der Waals surface area contributed by atoms with Gasteiger partial charge in [0, 0.05) is 12.2 Å². The maximum absolute atomic E-state index is 12.2. The minimum absolute atomic E-state index is 0.0155. The van der Waals surface area contributed by atoms with Crippen molar-refractivity contribution in [3.05, 3.63) is 23.8 Å². The van der Waals surface area contributed by atoms with E-state index in [0.29, 0.717) is 30.0 Å². The molecular weight excluding hydrogens is 272 g/mol. The van der Waals surface area contributed by atoms with Crippen molar-refractivity contribution in [2.45, 2.75) is 19.3 Å². The number of hydrogen-bond donors (Lipinski definition) is 3. The van der Waals surface area contributed by atoms with Gasteiger partial charge in [-0.25, -0.2) is 0 Å². The molecule has 1 aliphatic carbocycles. The molecule has 6 heteroatoms. The second-order valence-corrected chi connectivity index (χ2v) is 5.30. The molecule has 0 bridgehead atoms. The van der Waals surface area contributed by atoms with Crippen LogP contribution >= 0.6 is 0 Å². The van der Waals surface area contributed by atoms with Crippen molar-refractivity contribution in [3.63, 3.8) is 0 Å². The predicted octanol–water partition coefficient (Wildman–Crippen LogP) is 1.51. The molecule has 21 heavy (non-hydrogen) atoms. The third kappa shape index (κ3) is 3.45. The van der Waals surface area contributed by atoms with E-state index >= 15 is 0 Å². The Kier molecular flexibility index (Phi) is 4.67. The highest BCUT2D eigenvalue weighted by Crippen LogP contribution is 2.31. The van der Waals surface area contributed by atoms with Crippen molar-refractivity contribution >= 4 is 17.6 Å². The molecule has 1 aromatic rings. The molecule has 1 aliphatic rings. The number of carbonyl (C=O) groups is 2. The largest absolute Gasteiger partial charge is 0.497 e. The SMILES string of the molecule is COc1ccc(N)c(C(=O)NCC2CCCC2C(=O)O)c1. The summed E-state index contributed by atoms with van der Waals surface area (Å²) < 4.78 is 5.07. The highest BCUT2D eigenvalue weighted by molar-refractivity contribution is 5.99. The maximum Gasteiger partial charge on any atom is 0.306 e. The Labute approximate surface area is 123 Å². The lowest BCUT2D eigenvalue weighted by Gasteiger charge is -2.17. The van der Waals surface area contributed by atoms with Crippen molar-refractivity contribution in [1.82, 2.24) is 5.32 Å². The van der Waals surface area contributed by atoms with Crippen LogP contribution in [-0.2, 0) is 4.79 Å². The number of carboxylic acid groups (broad SMARTS) is 1. The van der Waals surface area contributed by atoms with Gasteiger partial charge in [0.15, 0.2) is 0 Å². The van der Waals surface area contributed by atoms with E-state index in [9.17, 15) is 9.59 Å². The minimum atomic E-state index is -0.785. The standard InChI is InChI=1S/C15H20N2O4/c1-21-10-5-6-13(16)12(7-10)14(18)17-8-9-3-2-4-11(9)15(19)20/h5-7,9,11H,2-4,8,16H2,1H3,(H,17,18)(H,19,20). The van der Waals surface area contributed by atoms with E-state index in [-0.39, 0.29) is 17.7 Å². The number of nitrogens with one attached hydrogen (secondary N) is 1. The molecule has 0 aliphatic heterocycles. The Bertz CT molecular complexity index is 544. The van der Waals surface area contributed by atoms with Crippen molar-refractivity contribution in [1.29, 1.82) is 0 Å². The molecule has 1 aromatic carbocycles. The monoisotopic (exact) mass is 292 g/mol. The van der Waals surface area contributed by atoms with Gasteiger partial charge in [0.25, 0.3) is 5.91 Å². The van der Waals surface area contributed by atoms with Crippen LogP contribution in [0.5, 0.6) is 5.75 Å². The summed E-state index contributed by atoms with van der Waals surface area (Å²) in [6.07, 6.45) is 2.39. The lowest BCUT2D eigenvalue weighted by Crippen LogP contribution is -2.33. The maximum atomic E-state index is 12.2. The van der Waals surface area contributed by atoms with E-state index in [1.54, 1.807) is 18.2 Å². The van der Waals surface area contributed by atoms with E-state index < -0.39 is 5.97 Å². The number of carboxylic acids is 1. The van der Waals surface area contributed by atoms with Crippen LogP contribution in [0.2, 0.25) is 0 Å². The first-order valence-electron chi connectivity index (χ1n) is 6.97. The van der Waals surface area contributed by atoms with Crippen molar-refractivity contribution in [2.24, 2.45) is 11.8 Å². The number of nitrogens with two attached hydrogens (primary N) is 1. The number of nitrogen functional groups attached to an aromatic ring is 1. The summed E-state index contributed by atoms with van der Waals surface area (Å²) in [5.74, 6) is -0.917. The zero-order valence-corrected chi connectivity index (χ0v) is 12.0. The predicted molar refractivity (Wildman–Crippen MR) is 78.2 cm³/mol. The number of hydrogen-bond acceptors (Lipinski definition) is 4. The number of carbonyl (C=O) groups excluding carboxylic acids is 1. The first kappa shape index (κ1) is 15.2. The lowest BCUT2D eigenvalue weighted by molar-refractivity contribution is -0.142. The van der Waals surface area contributed by atoms with E-state index in [0.717, 1.165) is 12.8 Å². The molecule has 4 N–H and O–H groups in total. The first-order chi connectivity index (χ1) is 10.0. The van der Waals surface area contributed by atoms with Crippen LogP contribution in [0.25, 0.3) is 0 Å². The summed E-state index contributed by atoms with van der Waals surface area (Å²) in [5, 5.41) is 11.9. The quantitative estimate of drug-likeness (QED) is 0.714. The van der Waals surface area contributed by atoms with Crippen LogP contribution in [0.3, 0.4) is 0 Å². The zero-order chi connectivity index (χ0) is 15.4. The second-order valence-electron chi connectivity index (χ2n) is 5.30. The van der Waals surface area contributed by atoms with Gasteiger partial charge in [0.2, 0.25) is 0 Å². The molecule has 0 radical (unpaired) electrons. The third-order valence-electron chi connectivity index (χ3n) is 4.01. The fourth-order valence-electron chi connectivity index (χ4n) is 2.78. The van der Waals surface area contributed by atoms with Gasteiger partial charge >= 0.3 is 5.97 Å². The molecule has 114 valence electrons. The topological polar surface area (TPSA) is 102 Å². The number of amides is 1. The summed E-state index contributed by atoms with van der Waals surface area (Å²) in [5.41, 5.74) is 6.51. The number of rotatable bonds is 5. The van der Waals surface area contributed by atoms with E-state index in [1.807, 2.05) is 0 Å². The fraction of sp³-hybridized carbons (Fsp3) is 0.467. The Balaban J connectivity index is 2.00. The molecule has 0 spiro atoms. The summed E-state index contributed by atoms with van der Waals surface area (Å²) in [6, 6.07) is 4.88. The van der Waals surface area contributed by atoms with Gasteiger partial charge in [-0.3, -0.25) is 9.59 Å². The summed E-state index contributed by atoms with van der Waals surface area (Å²) in [4.78, 5) is 23.3. The number of benzene rings is 1. The molecule has 1 amide bonds. The number of anilines is 1. The fourth-order valence-corrected chi connectivity index (χ4v) is 2.78. The highest BCUT2D eigenvalue weighted by atomic mass is 16.5. The molecule has 6 nitrogen and oxygen atoms in total. The van der Waals surface area contributed by atoms with Gasteiger partial charge in [0.05, 0.1) is 18.6 Å². The van der Waals surface area contributed by atoms with Gasteiger partial charge < -0.3 is 20.9 Å². The Morgan fingerprint density at radius 3 is 2.86 bits per heavy atom. The van der Waals surface area contributed by atoms with Gasteiger partial charge in [-0.05, 0) is 37.0 Å². The summed E-state index contributed by atoms with van der Waals surface area (Å²) >= 11 is 0. The van der Waals surface area contributed by atoms with Crippen molar-refractivity contribution in [2.75, 3.05) is 19.4 Å². The molecule has 2 atom stereocenters. The molecule has 1 fully saturated rings. The second kappa shape index (κ2) is 6.47.